The van der Waals surface area contributed by atoms with E-state index in [9.17, 15) is 0 Å². The van der Waals surface area contributed by atoms with E-state index in [2.05, 4.69) is 68.2 Å². The summed E-state index contributed by atoms with van der Waals surface area (Å²) in [6.45, 7) is 11.8. The summed E-state index contributed by atoms with van der Waals surface area (Å²) in [5.41, 5.74) is 1.72. The second kappa shape index (κ2) is 7.42. The summed E-state index contributed by atoms with van der Waals surface area (Å²) in [6.07, 6.45) is 4.95. The Morgan fingerprint density at radius 3 is 2.62 bits per heavy atom. The Kier molecular flexibility index (Phi) is 5.83. The van der Waals surface area contributed by atoms with Gasteiger partial charge in [0.15, 0.2) is 0 Å². The van der Waals surface area contributed by atoms with Crippen molar-refractivity contribution in [2.45, 2.75) is 71.0 Å². The summed E-state index contributed by atoms with van der Waals surface area (Å²) in [5, 5.41) is 3.70. The van der Waals surface area contributed by atoms with Crippen LogP contribution in [0, 0.1) is 0 Å². The maximum Gasteiger partial charge on any atom is 0.0198 e. The standard InChI is InChI=1S/C19H32N2/c1-5-9-18-15-21(16(2)14-20-18)19(3,4)13-12-17-10-7-6-8-11-17/h6-8,10-11,16,18,20H,5,9,12-15H2,1-4H3. The van der Waals surface area contributed by atoms with Gasteiger partial charge in [0.25, 0.3) is 0 Å². The first-order valence-electron chi connectivity index (χ1n) is 8.57. The van der Waals surface area contributed by atoms with Crippen molar-refractivity contribution in [3.8, 4) is 0 Å². The maximum absolute atomic E-state index is 3.70. The summed E-state index contributed by atoms with van der Waals surface area (Å²) >= 11 is 0. The van der Waals surface area contributed by atoms with Crippen molar-refractivity contribution in [2.75, 3.05) is 13.1 Å². The molecule has 118 valence electrons. The molecule has 21 heavy (non-hydrogen) atoms. The van der Waals surface area contributed by atoms with E-state index in [0.717, 1.165) is 6.54 Å². The minimum Gasteiger partial charge on any atom is -0.311 e. The number of nitrogens with zero attached hydrogens (tertiary/aromatic N) is 1. The summed E-state index contributed by atoms with van der Waals surface area (Å²) in [7, 11) is 0. The third kappa shape index (κ3) is 4.55. The van der Waals surface area contributed by atoms with E-state index >= 15 is 0 Å². The van der Waals surface area contributed by atoms with Gasteiger partial charge in [-0.15, -0.1) is 0 Å². The van der Waals surface area contributed by atoms with E-state index < -0.39 is 0 Å². The molecule has 2 unspecified atom stereocenters. The number of hydrogen-bond donors (Lipinski definition) is 1. The van der Waals surface area contributed by atoms with E-state index in [1.165, 1.54) is 37.8 Å². The van der Waals surface area contributed by atoms with Gasteiger partial charge < -0.3 is 5.32 Å². The molecule has 1 saturated heterocycles. The summed E-state index contributed by atoms with van der Waals surface area (Å²) < 4.78 is 0. The van der Waals surface area contributed by atoms with E-state index in [4.69, 9.17) is 0 Å². The van der Waals surface area contributed by atoms with Crippen LogP contribution >= 0.6 is 0 Å². The van der Waals surface area contributed by atoms with Crippen LogP contribution < -0.4 is 5.32 Å². The van der Waals surface area contributed by atoms with Gasteiger partial charge in [-0.1, -0.05) is 43.7 Å². The predicted octanol–water partition coefficient (Wildman–Crippen LogP) is 3.86. The van der Waals surface area contributed by atoms with Gasteiger partial charge in [0.05, 0.1) is 0 Å². The number of rotatable bonds is 6. The zero-order valence-electron chi connectivity index (χ0n) is 14.2. The molecule has 0 bridgehead atoms. The summed E-state index contributed by atoms with van der Waals surface area (Å²) in [5.74, 6) is 0. The molecule has 0 amide bonds. The highest BCUT2D eigenvalue weighted by Gasteiger charge is 2.34. The lowest BCUT2D eigenvalue weighted by molar-refractivity contribution is 0.0315. The van der Waals surface area contributed by atoms with Gasteiger partial charge in [-0.05, 0) is 45.6 Å². The third-order valence-corrected chi connectivity index (χ3v) is 4.93. The molecule has 2 rings (SSSR count). The Balaban J connectivity index is 1.96. The fraction of sp³-hybridized carbons (Fsp3) is 0.684. The van der Waals surface area contributed by atoms with Crippen LogP contribution in [0.5, 0.6) is 0 Å². The molecule has 1 aromatic carbocycles. The first-order valence-corrected chi connectivity index (χ1v) is 8.57. The van der Waals surface area contributed by atoms with Crippen LogP contribution in [-0.4, -0.2) is 35.6 Å². The van der Waals surface area contributed by atoms with Crippen LogP contribution in [0.1, 0.15) is 52.5 Å². The zero-order chi connectivity index (χ0) is 15.3. The van der Waals surface area contributed by atoms with Crippen LogP contribution in [0.3, 0.4) is 0 Å². The van der Waals surface area contributed by atoms with E-state index in [1.54, 1.807) is 0 Å². The fourth-order valence-corrected chi connectivity index (χ4v) is 3.55. The summed E-state index contributed by atoms with van der Waals surface area (Å²) in [4.78, 5) is 2.73. The largest absolute Gasteiger partial charge is 0.311 e. The van der Waals surface area contributed by atoms with Crippen LogP contribution in [-0.2, 0) is 6.42 Å². The van der Waals surface area contributed by atoms with Crippen molar-refractivity contribution >= 4 is 0 Å². The van der Waals surface area contributed by atoms with Gasteiger partial charge in [0.2, 0.25) is 0 Å². The van der Waals surface area contributed by atoms with Gasteiger partial charge >= 0.3 is 0 Å². The molecule has 2 atom stereocenters. The molecule has 1 aliphatic heterocycles. The molecule has 0 spiro atoms. The molecule has 1 heterocycles. The zero-order valence-corrected chi connectivity index (χ0v) is 14.2. The Labute approximate surface area is 130 Å². The monoisotopic (exact) mass is 288 g/mol. The number of hydrogen-bond acceptors (Lipinski definition) is 2. The lowest BCUT2D eigenvalue weighted by Gasteiger charge is -2.48. The Morgan fingerprint density at radius 1 is 1.24 bits per heavy atom. The summed E-state index contributed by atoms with van der Waals surface area (Å²) in [6, 6.07) is 12.2. The lowest BCUT2D eigenvalue weighted by Crippen LogP contribution is -2.61. The average molecular weight is 288 g/mol. The number of piperazine rings is 1. The average Bonchev–Trinajstić information content (AvgIpc) is 2.48. The van der Waals surface area contributed by atoms with Crippen molar-refractivity contribution in [2.24, 2.45) is 0 Å². The number of benzene rings is 1. The highest BCUT2D eigenvalue weighted by molar-refractivity contribution is 5.15. The second-order valence-corrected chi connectivity index (χ2v) is 7.19. The van der Waals surface area contributed by atoms with Gasteiger partial charge in [-0.3, -0.25) is 4.90 Å². The highest BCUT2D eigenvalue weighted by atomic mass is 15.3. The minimum absolute atomic E-state index is 0.267. The smallest absolute Gasteiger partial charge is 0.0198 e. The van der Waals surface area contributed by atoms with E-state index in [0.29, 0.717) is 12.1 Å². The fourth-order valence-electron chi connectivity index (χ4n) is 3.55. The van der Waals surface area contributed by atoms with Crippen molar-refractivity contribution in [1.82, 2.24) is 10.2 Å². The predicted molar refractivity (Wildman–Crippen MR) is 91.7 cm³/mol. The van der Waals surface area contributed by atoms with Crippen LogP contribution in [0.15, 0.2) is 30.3 Å². The molecule has 0 radical (unpaired) electrons. The molecule has 1 aromatic rings. The van der Waals surface area contributed by atoms with E-state index in [-0.39, 0.29) is 5.54 Å². The van der Waals surface area contributed by atoms with Crippen LogP contribution in [0.2, 0.25) is 0 Å². The SMILES string of the molecule is CCCC1CN(C(C)(C)CCc2ccccc2)C(C)CN1. The van der Waals surface area contributed by atoms with Crippen LogP contribution in [0.25, 0.3) is 0 Å². The third-order valence-electron chi connectivity index (χ3n) is 4.93. The Bertz CT molecular complexity index is 413. The Morgan fingerprint density at radius 2 is 1.95 bits per heavy atom. The molecule has 0 aromatic heterocycles. The molecular weight excluding hydrogens is 256 g/mol. The van der Waals surface area contributed by atoms with Gasteiger partial charge in [0.1, 0.15) is 0 Å². The Hall–Kier alpha value is -0.860. The molecular formula is C19H32N2. The highest BCUT2D eigenvalue weighted by Crippen LogP contribution is 2.26. The molecule has 2 heteroatoms. The molecule has 0 saturated carbocycles. The minimum atomic E-state index is 0.267. The first-order chi connectivity index (χ1) is 10.0. The molecule has 1 N–H and O–H groups in total. The number of nitrogens with one attached hydrogen (secondary N) is 1. The van der Waals surface area contributed by atoms with Gasteiger partial charge in [-0.2, -0.15) is 0 Å². The quantitative estimate of drug-likeness (QED) is 0.855. The topological polar surface area (TPSA) is 15.3 Å². The van der Waals surface area contributed by atoms with E-state index in [1.807, 2.05) is 0 Å². The maximum atomic E-state index is 3.70. The molecule has 1 fully saturated rings. The molecule has 1 aliphatic rings. The van der Waals surface area contributed by atoms with Crippen molar-refractivity contribution < 1.29 is 0 Å². The van der Waals surface area contributed by atoms with Crippen molar-refractivity contribution in [3.63, 3.8) is 0 Å². The van der Waals surface area contributed by atoms with Gasteiger partial charge in [0, 0.05) is 30.7 Å². The second-order valence-electron chi connectivity index (χ2n) is 7.19. The van der Waals surface area contributed by atoms with Gasteiger partial charge in [-0.25, -0.2) is 0 Å². The molecule has 2 nitrogen and oxygen atoms in total. The molecule has 0 aliphatic carbocycles. The van der Waals surface area contributed by atoms with Crippen molar-refractivity contribution in [1.29, 1.82) is 0 Å². The van der Waals surface area contributed by atoms with Crippen LogP contribution in [0.4, 0.5) is 0 Å². The van der Waals surface area contributed by atoms with Crippen molar-refractivity contribution in [3.05, 3.63) is 35.9 Å². The first kappa shape index (κ1) is 16.5. The lowest BCUT2D eigenvalue weighted by atomic mass is 9.90. The number of aryl methyl sites for hydroxylation is 1. The normalized spacial score (nSPS) is 24.2.